The topological polar surface area (TPSA) is 101 Å². The van der Waals surface area contributed by atoms with Crippen LogP contribution in [0.2, 0.25) is 0 Å². The second kappa shape index (κ2) is 6.67. The highest BCUT2D eigenvalue weighted by molar-refractivity contribution is 5.21. The molecule has 1 aromatic carbocycles. The first-order valence-corrected chi connectivity index (χ1v) is 7.15. The lowest BCUT2D eigenvalue weighted by Gasteiger charge is -2.20. The van der Waals surface area contributed by atoms with Crippen molar-refractivity contribution in [2.45, 2.75) is 6.54 Å². The highest BCUT2D eigenvalue weighted by Crippen LogP contribution is 2.16. The Labute approximate surface area is 129 Å². The average Bonchev–Trinajstić information content (AvgIpc) is 3.15. The van der Waals surface area contributed by atoms with Gasteiger partial charge < -0.3 is 21.7 Å². The summed E-state index contributed by atoms with van der Waals surface area (Å²) in [6, 6.07) is 10.2. The van der Waals surface area contributed by atoms with Gasteiger partial charge in [0.05, 0.1) is 36.8 Å². The van der Waals surface area contributed by atoms with Gasteiger partial charge >= 0.3 is 0 Å². The molecule has 0 amide bonds. The molecule has 0 bridgehead atoms. The van der Waals surface area contributed by atoms with Gasteiger partial charge in [0, 0.05) is 12.7 Å². The normalized spacial score (nSPS) is 17.6. The number of aliphatic hydroxyl groups excluding tert-OH is 1. The molecular weight excluding hydrogens is 282 g/mol. The lowest BCUT2D eigenvalue weighted by molar-refractivity contribution is 0.238. The predicted octanol–water partition coefficient (Wildman–Crippen LogP) is -1.16. The molecule has 118 valence electrons. The maximum atomic E-state index is 9.08. The summed E-state index contributed by atoms with van der Waals surface area (Å²) < 4.78 is 0. The summed E-state index contributed by atoms with van der Waals surface area (Å²) in [7, 11) is 0. The molecule has 2 heterocycles. The molecule has 8 heteroatoms. The summed E-state index contributed by atoms with van der Waals surface area (Å²) in [5.41, 5.74) is 22.0. The van der Waals surface area contributed by atoms with Crippen LogP contribution in [0.3, 0.4) is 0 Å². The van der Waals surface area contributed by atoms with E-state index in [1.165, 1.54) is 5.56 Å². The maximum Gasteiger partial charge on any atom is 0.0857 e. The quantitative estimate of drug-likeness (QED) is 0.391. The minimum Gasteiger partial charge on any atom is -0.390 e. The number of nitrogens with one attached hydrogen (secondary N) is 4. The standard InChI is InChI=1S/C14H21N7O/c15-6-14-13(9-20-8-12(10-22)16-18-20)17-19-21(14)7-11-4-2-1-3-5-11/h1-5,8,16-19,22H,6-7,9-10,15H2. The molecular formula is C14H21N7O. The van der Waals surface area contributed by atoms with Gasteiger partial charge in [-0.3, -0.25) is 10.0 Å². The Bertz CT molecular complexity index is 572. The van der Waals surface area contributed by atoms with Gasteiger partial charge in [0.15, 0.2) is 0 Å². The Kier molecular flexibility index (Phi) is 4.45. The lowest BCUT2D eigenvalue weighted by atomic mass is 10.2. The van der Waals surface area contributed by atoms with Gasteiger partial charge in [0.25, 0.3) is 0 Å². The van der Waals surface area contributed by atoms with Crippen LogP contribution in [0.1, 0.15) is 5.56 Å². The fourth-order valence-corrected chi connectivity index (χ4v) is 2.43. The third-order valence-corrected chi connectivity index (χ3v) is 3.56. The van der Waals surface area contributed by atoms with Crippen LogP contribution in [0.25, 0.3) is 0 Å². The summed E-state index contributed by atoms with van der Waals surface area (Å²) in [4.78, 5) is 0. The number of hydrogen-bond donors (Lipinski definition) is 6. The lowest BCUT2D eigenvalue weighted by Crippen LogP contribution is -2.41. The molecule has 1 aromatic rings. The molecule has 0 unspecified atom stereocenters. The summed E-state index contributed by atoms with van der Waals surface area (Å²) in [5.74, 6) is 0. The molecule has 7 N–H and O–H groups in total. The van der Waals surface area contributed by atoms with Gasteiger partial charge in [-0.05, 0) is 5.56 Å². The molecule has 0 radical (unpaired) electrons. The molecule has 0 saturated carbocycles. The molecule has 2 aliphatic heterocycles. The molecule has 0 spiro atoms. The maximum absolute atomic E-state index is 9.08. The highest BCUT2D eigenvalue weighted by atomic mass is 16.3. The zero-order valence-electron chi connectivity index (χ0n) is 12.2. The Morgan fingerprint density at radius 3 is 2.55 bits per heavy atom. The van der Waals surface area contributed by atoms with Crippen molar-refractivity contribution in [3.05, 3.63) is 59.2 Å². The van der Waals surface area contributed by atoms with E-state index in [2.05, 4.69) is 34.1 Å². The number of rotatable bonds is 6. The third-order valence-electron chi connectivity index (χ3n) is 3.56. The zero-order chi connectivity index (χ0) is 15.4. The van der Waals surface area contributed by atoms with Crippen LogP contribution in [0, 0.1) is 0 Å². The van der Waals surface area contributed by atoms with Gasteiger partial charge in [0.2, 0.25) is 0 Å². The van der Waals surface area contributed by atoms with Crippen LogP contribution < -0.4 is 27.7 Å². The van der Waals surface area contributed by atoms with Crippen molar-refractivity contribution in [3.63, 3.8) is 0 Å². The molecule has 0 aromatic heterocycles. The Hall–Kier alpha value is -2.26. The summed E-state index contributed by atoms with van der Waals surface area (Å²) >= 11 is 0. The Morgan fingerprint density at radius 1 is 1.05 bits per heavy atom. The molecule has 0 atom stereocenters. The SMILES string of the molecule is NCC1=C(CN2C=C(CO)NN2)NNN1Cc1ccccc1. The van der Waals surface area contributed by atoms with Crippen LogP contribution >= 0.6 is 0 Å². The Balaban J connectivity index is 1.68. The first-order valence-electron chi connectivity index (χ1n) is 7.15. The molecule has 8 nitrogen and oxygen atoms in total. The van der Waals surface area contributed by atoms with Gasteiger partial charge in [-0.15, -0.1) is 11.1 Å². The largest absolute Gasteiger partial charge is 0.390 e. The van der Waals surface area contributed by atoms with Crippen LogP contribution in [0.5, 0.6) is 0 Å². The van der Waals surface area contributed by atoms with E-state index in [1.807, 2.05) is 34.4 Å². The van der Waals surface area contributed by atoms with E-state index in [-0.39, 0.29) is 6.61 Å². The van der Waals surface area contributed by atoms with E-state index >= 15 is 0 Å². The smallest absolute Gasteiger partial charge is 0.0857 e. The first kappa shape index (κ1) is 14.7. The number of hydrazine groups is 4. The van der Waals surface area contributed by atoms with Crippen LogP contribution in [-0.2, 0) is 6.54 Å². The first-order chi connectivity index (χ1) is 10.8. The van der Waals surface area contributed by atoms with Crippen molar-refractivity contribution in [1.29, 1.82) is 0 Å². The highest BCUT2D eigenvalue weighted by Gasteiger charge is 2.23. The van der Waals surface area contributed by atoms with Crippen molar-refractivity contribution in [2.75, 3.05) is 19.7 Å². The van der Waals surface area contributed by atoms with Gasteiger partial charge in [0.1, 0.15) is 0 Å². The fourth-order valence-electron chi connectivity index (χ4n) is 2.43. The number of hydrogen-bond acceptors (Lipinski definition) is 8. The molecule has 0 fully saturated rings. The van der Waals surface area contributed by atoms with E-state index in [0.717, 1.165) is 23.6 Å². The molecule has 0 saturated heterocycles. The van der Waals surface area contributed by atoms with Crippen molar-refractivity contribution >= 4 is 0 Å². The fraction of sp³-hybridized carbons (Fsp3) is 0.286. The minimum atomic E-state index is -0.0297. The van der Waals surface area contributed by atoms with E-state index in [1.54, 1.807) is 0 Å². The number of benzene rings is 1. The number of nitrogens with zero attached hydrogens (tertiary/aromatic N) is 2. The van der Waals surface area contributed by atoms with E-state index in [9.17, 15) is 0 Å². The second-order valence-electron chi connectivity index (χ2n) is 5.12. The van der Waals surface area contributed by atoms with Crippen LogP contribution in [0.4, 0.5) is 0 Å². The van der Waals surface area contributed by atoms with E-state index in [0.29, 0.717) is 13.1 Å². The van der Waals surface area contributed by atoms with Gasteiger partial charge in [-0.1, -0.05) is 30.3 Å². The monoisotopic (exact) mass is 303 g/mol. The predicted molar refractivity (Wildman–Crippen MR) is 82.5 cm³/mol. The van der Waals surface area contributed by atoms with Crippen molar-refractivity contribution in [1.82, 2.24) is 31.9 Å². The van der Waals surface area contributed by atoms with Gasteiger partial charge in [-0.25, -0.2) is 0 Å². The van der Waals surface area contributed by atoms with Crippen molar-refractivity contribution < 1.29 is 5.11 Å². The van der Waals surface area contributed by atoms with Crippen molar-refractivity contribution in [3.8, 4) is 0 Å². The van der Waals surface area contributed by atoms with Crippen LogP contribution in [-0.4, -0.2) is 34.8 Å². The van der Waals surface area contributed by atoms with Gasteiger partial charge in [-0.2, -0.15) is 0 Å². The molecule has 2 aliphatic rings. The number of aliphatic hydroxyl groups is 1. The van der Waals surface area contributed by atoms with Crippen molar-refractivity contribution in [2.24, 2.45) is 5.73 Å². The summed E-state index contributed by atoms with van der Waals surface area (Å²) in [6.45, 7) is 1.73. The molecule has 22 heavy (non-hydrogen) atoms. The Morgan fingerprint density at radius 2 is 1.86 bits per heavy atom. The second-order valence-corrected chi connectivity index (χ2v) is 5.12. The zero-order valence-corrected chi connectivity index (χ0v) is 12.2. The molecule has 3 rings (SSSR count). The third kappa shape index (κ3) is 3.15. The van der Waals surface area contributed by atoms with E-state index < -0.39 is 0 Å². The molecule has 0 aliphatic carbocycles. The number of nitrogens with two attached hydrogens (primary N) is 1. The van der Waals surface area contributed by atoms with E-state index in [4.69, 9.17) is 10.8 Å². The summed E-state index contributed by atoms with van der Waals surface area (Å²) in [6.07, 6.45) is 1.82. The summed E-state index contributed by atoms with van der Waals surface area (Å²) in [5, 5.41) is 12.9. The minimum absolute atomic E-state index is 0.0297. The van der Waals surface area contributed by atoms with Crippen LogP contribution in [0.15, 0.2) is 53.6 Å². The average molecular weight is 303 g/mol.